The Morgan fingerprint density at radius 2 is 2.13 bits per heavy atom. The summed E-state index contributed by atoms with van der Waals surface area (Å²) >= 11 is 1.45. The van der Waals surface area contributed by atoms with E-state index >= 15 is 0 Å². The van der Waals surface area contributed by atoms with Crippen molar-refractivity contribution in [2.24, 2.45) is 5.73 Å². The molecule has 2 N–H and O–H groups in total. The first kappa shape index (κ1) is 17.9. The lowest BCUT2D eigenvalue weighted by Crippen LogP contribution is -2.47. The highest BCUT2D eigenvalue weighted by atomic mass is 35.5. The van der Waals surface area contributed by atoms with E-state index in [0.717, 1.165) is 30.9 Å². The van der Waals surface area contributed by atoms with Crippen LogP contribution in [0.1, 0.15) is 40.8 Å². The number of carbonyl (C=O) groups excluding carboxylic acids is 1. The number of halogens is 1. The standard InChI is InChI=1S/C17H21N3OS.ClH/c1-17(13-6-3-2-4-7-13)8-5-9-20(12-17)16(21)14-11-22-15(10-18)19-14;/h2-4,6-7,11H,5,8-10,12,18H2,1H3;1H. The second-order valence-electron chi connectivity index (χ2n) is 6.09. The van der Waals surface area contributed by atoms with Crippen molar-refractivity contribution in [3.05, 3.63) is 52.0 Å². The number of nitrogens with two attached hydrogens (primary N) is 1. The van der Waals surface area contributed by atoms with Crippen molar-refractivity contribution < 1.29 is 4.79 Å². The molecule has 1 aliphatic rings. The number of carbonyl (C=O) groups is 1. The molecule has 0 bridgehead atoms. The minimum absolute atomic E-state index is 0. The van der Waals surface area contributed by atoms with Crippen LogP contribution in [0.25, 0.3) is 0 Å². The van der Waals surface area contributed by atoms with Gasteiger partial charge in [0.1, 0.15) is 10.7 Å². The number of hydrogen-bond acceptors (Lipinski definition) is 4. The van der Waals surface area contributed by atoms with E-state index in [2.05, 4.69) is 36.2 Å². The van der Waals surface area contributed by atoms with Gasteiger partial charge >= 0.3 is 0 Å². The third-order valence-corrected chi connectivity index (χ3v) is 5.27. The molecule has 1 fully saturated rings. The van der Waals surface area contributed by atoms with Crippen LogP contribution in [0.2, 0.25) is 0 Å². The number of amides is 1. The molecule has 1 atom stereocenters. The maximum atomic E-state index is 12.7. The molecule has 0 aliphatic carbocycles. The average Bonchev–Trinajstić information content (AvgIpc) is 3.04. The van der Waals surface area contributed by atoms with Gasteiger partial charge in [-0.1, -0.05) is 37.3 Å². The lowest BCUT2D eigenvalue weighted by atomic mass is 9.76. The van der Waals surface area contributed by atoms with Crippen molar-refractivity contribution in [1.29, 1.82) is 0 Å². The molecule has 1 aromatic carbocycles. The van der Waals surface area contributed by atoms with Crippen LogP contribution in [-0.2, 0) is 12.0 Å². The van der Waals surface area contributed by atoms with Crippen molar-refractivity contribution in [3.63, 3.8) is 0 Å². The Hall–Kier alpha value is -1.43. The van der Waals surface area contributed by atoms with Gasteiger partial charge in [-0.25, -0.2) is 4.98 Å². The fourth-order valence-corrected chi connectivity index (χ4v) is 3.80. The first-order chi connectivity index (χ1) is 10.6. The van der Waals surface area contributed by atoms with Crippen LogP contribution in [0.5, 0.6) is 0 Å². The Morgan fingerprint density at radius 1 is 1.39 bits per heavy atom. The Morgan fingerprint density at radius 3 is 2.78 bits per heavy atom. The molecule has 1 aliphatic heterocycles. The van der Waals surface area contributed by atoms with Gasteiger partial charge in [-0.15, -0.1) is 23.7 Å². The van der Waals surface area contributed by atoms with E-state index in [1.807, 2.05) is 16.3 Å². The summed E-state index contributed by atoms with van der Waals surface area (Å²) < 4.78 is 0. The molecule has 2 heterocycles. The minimum Gasteiger partial charge on any atom is -0.336 e. The fourth-order valence-electron chi connectivity index (χ4n) is 3.15. The van der Waals surface area contributed by atoms with Gasteiger partial charge in [0.25, 0.3) is 5.91 Å². The molecule has 1 aromatic heterocycles. The smallest absolute Gasteiger partial charge is 0.273 e. The summed E-state index contributed by atoms with van der Waals surface area (Å²) in [4.78, 5) is 18.9. The largest absolute Gasteiger partial charge is 0.336 e. The first-order valence-electron chi connectivity index (χ1n) is 7.62. The van der Waals surface area contributed by atoms with Crippen LogP contribution in [0.4, 0.5) is 0 Å². The monoisotopic (exact) mass is 351 g/mol. The molecular formula is C17H22ClN3OS. The van der Waals surface area contributed by atoms with Crippen molar-refractivity contribution >= 4 is 29.7 Å². The molecule has 124 valence electrons. The summed E-state index contributed by atoms with van der Waals surface area (Å²) in [5.74, 6) is 0.0257. The number of rotatable bonds is 3. The molecule has 0 spiro atoms. The van der Waals surface area contributed by atoms with Crippen molar-refractivity contribution in [2.75, 3.05) is 13.1 Å². The number of benzene rings is 1. The molecule has 23 heavy (non-hydrogen) atoms. The van der Waals surface area contributed by atoms with Crippen LogP contribution in [0.15, 0.2) is 35.7 Å². The predicted molar refractivity (Wildman–Crippen MR) is 96.2 cm³/mol. The van der Waals surface area contributed by atoms with E-state index < -0.39 is 0 Å². The Bertz CT molecular complexity index is 661. The number of aromatic nitrogens is 1. The topological polar surface area (TPSA) is 59.2 Å². The van der Waals surface area contributed by atoms with E-state index in [0.29, 0.717) is 12.2 Å². The minimum atomic E-state index is 0. The molecule has 1 amide bonds. The van der Waals surface area contributed by atoms with Crippen LogP contribution in [0.3, 0.4) is 0 Å². The molecule has 6 heteroatoms. The summed E-state index contributed by atoms with van der Waals surface area (Å²) in [6.45, 7) is 4.18. The van der Waals surface area contributed by atoms with Gasteiger partial charge in [0.2, 0.25) is 0 Å². The summed E-state index contributed by atoms with van der Waals surface area (Å²) in [7, 11) is 0. The third-order valence-electron chi connectivity index (χ3n) is 4.40. The average molecular weight is 352 g/mol. The van der Waals surface area contributed by atoms with Gasteiger partial charge in [-0.2, -0.15) is 0 Å². The zero-order chi connectivity index (χ0) is 15.6. The Balaban J connectivity index is 0.00000192. The molecule has 2 aromatic rings. The highest BCUT2D eigenvalue weighted by Crippen LogP contribution is 2.34. The van der Waals surface area contributed by atoms with Gasteiger partial charge in [-0.3, -0.25) is 4.79 Å². The molecule has 1 unspecified atom stereocenters. The quantitative estimate of drug-likeness (QED) is 0.923. The molecule has 3 rings (SSSR count). The predicted octanol–water partition coefficient (Wildman–Crippen LogP) is 3.22. The van der Waals surface area contributed by atoms with E-state index in [-0.39, 0.29) is 23.7 Å². The number of nitrogens with zero attached hydrogens (tertiary/aromatic N) is 2. The van der Waals surface area contributed by atoms with Crippen LogP contribution < -0.4 is 5.73 Å². The zero-order valence-corrected chi connectivity index (χ0v) is 14.8. The van der Waals surface area contributed by atoms with Crippen molar-refractivity contribution in [2.45, 2.75) is 31.7 Å². The summed E-state index contributed by atoms with van der Waals surface area (Å²) in [5, 5.41) is 2.63. The lowest BCUT2D eigenvalue weighted by molar-refractivity contribution is 0.0645. The second-order valence-corrected chi connectivity index (χ2v) is 7.03. The van der Waals surface area contributed by atoms with E-state index in [1.54, 1.807) is 0 Å². The van der Waals surface area contributed by atoms with Gasteiger partial charge in [-0.05, 0) is 18.4 Å². The number of thiazole rings is 1. The lowest BCUT2D eigenvalue weighted by Gasteiger charge is -2.40. The van der Waals surface area contributed by atoms with Crippen LogP contribution in [0, 0.1) is 0 Å². The van der Waals surface area contributed by atoms with Gasteiger partial charge in [0.05, 0.1) is 0 Å². The molecule has 1 saturated heterocycles. The van der Waals surface area contributed by atoms with Crippen molar-refractivity contribution in [1.82, 2.24) is 9.88 Å². The second kappa shape index (κ2) is 7.43. The molecular weight excluding hydrogens is 330 g/mol. The number of hydrogen-bond donors (Lipinski definition) is 1. The first-order valence-corrected chi connectivity index (χ1v) is 8.50. The summed E-state index contributed by atoms with van der Waals surface area (Å²) in [6, 6.07) is 10.5. The normalized spacial score (nSPS) is 20.9. The van der Waals surface area contributed by atoms with E-state index in [1.165, 1.54) is 16.9 Å². The van der Waals surface area contributed by atoms with Crippen LogP contribution >= 0.6 is 23.7 Å². The maximum Gasteiger partial charge on any atom is 0.273 e. The highest BCUT2D eigenvalue weighted by molar-refractivity contribution is 7.09. The fraction of sp³-hybridized carbons (Fsp3) is 0.412. The van der Waals surface area contributed by atoms with Gasteiger partial charge in [0, 0.05) is 30.4 Å². The van der Waals surface area contributed by atoms with Crippen molar-refractivity contribution in [3.8, 4) is 0 Å². The van der Waals surface area contributed by atoms with Gasteiger partial charge in [0.15, 0.2) is 0 Å². The molecule has 0 radical (unpaired) electrons. The molecule has 4 nitrogen and oxygen atoms in total. The molecule has 0 saturated carbocycles. The highest BCUT2D eigenvalue weighted by Gasteiger charge is 2.35. The summed E-state index contributed by atoms with van der Waals surface area (Å²) in [6.07, 6.45) is 2.12. The zero-order valence-electron chi connectivity index (χ0n) is 13.2. The van der Waals surface area contributed by atoms with Gasteiger partial charge < -0.3 is 10.6 Å². The third kappa shape index (κ3) is 3.74. The summed E-state index contributed by atoms with van der Waals surface area (Å²) in [5.41, 5.74) is 7.43. The van der Waals surface area contributed by atoms with Crippen LogP contribution in [-0.4, -0.2) is 28.9 Å². The number of likely N-dealkylation sites (tertiary alicyclic amines) is 1. The Kier molecular flexibility index (Phi) is 5.79. The Labute approximate surface area is 147 Å². The van der Waals surface area contributed by atoms with E-state index in [4.69, 9.17) is 5.73 Å². The SMILES string of the molecule is CC1(c2ccccc2)CCCN(C(=O)c2csc(CN)n2)C1.Cl. The maximum absolute atomic E-state index is 12.7. The van der Waals surface area contributed by atoms with E-state index in [9.17, 15) is 4.79 Å². The number of piperidine rings is 1.